The van der Waals surface area contributed by atoms with Crippen molar-refractivity contribution >= 4 is 33.3 Å². The minimum Gasteiger partial charge on any atom is -0.378 e. The number of aromatic nitrogens is 4. The molecule has 0 amide bonds. The Morgan fingerprint density at radius 1 is 1.05 bits per heavy atom. The molecule has 0 radical (unpaired) electrons. The number of rotatable bonds is 4. The first-order valence-corrected chi connectivity index (χ1v) is 8.14. The second kappa shape index (κ2) is 5.27. The molecule has 7 heteroatoms. The maximum absolute atomic E-state index is 4.60. The van der Waals surface area contributed by atoms with E-state index in [1.54, 1.807) is 22.7 Å². The molecule has 3 aromatic heterocycles. The number of anilines is 1. The standard InChI is InChI=1S/C14H11N5S2/c1-2-5-10(6-3-1)15-9-12-18-19-13(11-7-4-8-20-11)16-17-14(19)21-12/h1-8,15H,9H2. The normalized spacial score (nSPS) is 11.0. The van der Waals surface area contributed by atoms with Crippen LogP contribution in [0.5, 0.6) is 0 Å². The lowest BCUT2D eigenvalue weighted by atomic mass is 10.3. The van der Waals surface area contributed by atoms with Gasteiger partial charge in [-0.25, -0.2) is 0 Å². The van der Waals surface area contributed by atoms with Crippen molar-refractivity contribution in [2.24, 2.45) is 0 Å². The minimum absolute atomic E-state index is 0.682. The Kier molecular flexibility index (Phi) is 3.13. The minimum atomic E-state index is 0.682. The molecule has 3 heterocycles. The number of hydrogen-bond donors (Lipinski definition) is 1. The molecule has 0 fully saturated rings. The van der Waals surface area contributed by atoms with Gasteiger partial charge in [0.15, 0.2) is 5.82 Å². The van der Waals surface area contributed by atoms with Gasteiger partial charge in [-0.2, -0.15) is 9.61 Å². The molecular weight excluding hydrogens is 302 g/mol. The summed E-state index contributed by atoms with van der Waals surface area (Å²) in [6, 6.07) is 14.1. The fourth-order valence-electron chi connectivity index (χ4n) is 2.02. The number of nitrogens with zero attached hydrogens (tertiary/aromatic N) is 4. The van der Waals surface area contributed by atoms with Crippen molar-refractivity contribution in [3.63, 3.8) is 0 Å². The summed E-state index contributed by atoms with van der Waals surface area (Å²) in [4.78, 5) is 1.90. The summed E-state index contributed by atoms with van der Waals surface area (Å²) >= 11 is 3.20. The Morgan fingerprint density at radius 3 is 2.76 bits per heavy atom. The second-order valence-corrected chi connectivity index (χ2v) is 6.40. The third-order valence-electron chi connectivity index (χ3n) is 2.99. The molecule has 4 rings (SSSR count). The van der Waals surface area contributed by atoms with Crippen molar-refractivity contribution in [1.29, 1.82) is 0 Å². The average Bonchev–Trinajstić information content (AvgIpc) is 3.22. The smallest absolute Gasteiger partial charge is 0.235 e. The molecule has 0 saturated carbocycles. The van der Waals surface area contributed by atoms with Gasteiger partial charge in [0.1, 0.15) is 5.01 Å². The Bertz CT molecular complexity index is 848. The van der Waals surface area contributed by atoms with E-state index in [4.69, 9.17) is 0 Å². The molecule has 0 aliphatic carbocycles. The topological polar surface area (TPSA) is 55.1 Å². The van der Waals surface area contributed by atoms with Crippen molar-refractivity contribution < 1.29 is 0 Å². The van der Waals surface area contributed by atoms with E-state index in [1.165, 1.54) is 0 Å². The Labute approximate surface area is 128 Å². The highest BCUT2D eigenvalue weighted by Gasteiger charge is 2.13. The molecule has 0 aliphatic rings. The largest absolute Gasteiger partial charge is 0.378 e. The Hall–Kier alpha value is -2.25. The van der Waals surface area contributed by atoms with E-state index in [2.05, 4.69) is 20.6 Å². The first kappa shape index (κ1) is 12.5. The first-order chi connectivity index (χ1) is 10.4. The van der Waals surface area contributed by atoms with E-state index in [-0.39, 0.29) is 0 Å². The monoisotopic (exact) mass is 313 g/mol. The van der Waals surface area contributed by atoms with Gasteiger partial charge in [0.05, 0.1) is 11.4 Å². The molecular formula is C14H11N5S2. The maximum Gasteiger partial charge on any atom is 0.235 e. The predicted octanol–water partition coefficient (Wildman–Crippen LogP) is 3.53. The first-order valence-electron chi connectivity index (χ1n) is 6.44. The van der Waals surface area contributed by atoms with Crippen LogP contribution in [-0.2, 0) is 6.54 Å². The van der Waals surface area contributed by atoms with E-state index in [9.17, 15) is 0 Å². The SMILES string of the molecule is c1ccc(NCc2nn3c(-c4cccs4)nnc3s2)cc1. The fraction of sp³-hybridized carbons (Fsp3) is 0.0714. The third-order valence-corrected chi connectivity index (χ3v) is 4.76. The Balaban J connectivity index is 1.60. The Morgan fingerprint density at radius 2 is 1.95 bits per heavy atom. The zero-order chi connectivity index (χ0) is 14.1. The molecule has 4 aromatic rings. The number of para-hydroxylation sites is 1. The van der Waals surface area contributed by atoms with Crippen LogP contribution in [0.4, 0.5) is 5.69 Å². The molecule has 1 N–H and O–H groups in total. The molecule has 0 bridgehead atoms. The van der Waals surface area contributed by atoms with Crippen LogP contribution in [0.25, 0.3) is 15.7 Å². The van der Waals surface area contributed by atoms with Crippen LogP contribution < -0.4 is 5.32 Å². The second-order valence-electron chi connectivity index (χ2n) is 4.41. The van der Waals surface area contributed by atoms with Crippen molar-refractivity contribution in [1.82, 2.24) is 19.8 Å². The summed E-state index contributed by atoms with van der Waals surface area (Å²) < 4.78 is 1.82. The van der Waals surface area contributed by atoms with E-state index in [1.807, 2.05) is 52.4 Å². The van der Waals surface area contributed by atoms with Gasteiger partial charge in [-0.3, -0.25) is 0 Å². The van der Waals surface area contributed by atoms with E-state index >= 15 is 0 Å². The van der Waals surface area contributed by atoms with Crippen molar-refractivity contribution in [3.05, 3.63) is 52.9 Å². The lowest BCUT2D eigenvalue weighted by Crippen LogP contribution is -1.99. The van der Waals surface area contributed by atoms with Crippen LogP contribution >= 0.6 is 22.7 Å². The van der Waals surface area contributed by atoms with E-state index in [0.717, 1.165) is 26.4 Å². The highest BCUT2D eigenvalue weighted by molar-refractivity contribution is 7.16. The average molecular weight is 313 g/mol. The summed E-state index contributed by atoms with van der Waals surface area (Å²) in [5.74, 6) is 0.808. The van der Waals surface area contributed by atoms with Gasteiger partial charge in [0.2, 0.25) is 4.96 Å². The van der Waals surface area contributed by atoms with E-state index in [0.29, 0.717) is 6.54 Å². The molecule has 104 valence electrons. The van der Waals surface area contributed by atoms with Crippen LogP contribution in [-0.4, -0.2) is 19.8 Å². The molecule has 0 unspecified atom stereocenters. The molecule has 0 aliphatic heterocycles. The van der Waals surface area contributed by atoms with Crippen molar-refractivity contribution in [2.45, 2.75) is 6.54 Å². The fourth-order valence-corrected chi connectivity index (χ4v) is 3.49. The van der Waals surface area contributed by atoms with E-state index < -0.39 is 0 Å². The molecule has 5 nitrogen and oxygen atoms in total. The predicted molar refractivity (Wildman–Crippen MR) is 85.7 cm³/mol. The number of fused-ring (bicyclic) bond motifs is 1. The number of benzene rings is 1. The van der Waals surface area contributed by atoms with Crippen LogP contribution in [0.2, 0.25) is 0 Å². The van der Waals surface area contributed by atoms with Crippen LogP contribution in [0.3, 0.4) is 0 Å². The summed E-state index contributed by atoms with van der Waals surface area (Å²) in [5.41, 5.74) is 1.09. The quantitative estimate of drug-likeness (QED) is 0.626. The molecule has 0 saturated heterocycles. The number of thiophene rings is 1. The molecule has 0 atom stereocenters. The molecule has 21 heavy (non-hydrogen) atoms. The summed E-state index contributed by atoms with van der Waals surface area (Å²) in [6.07, 6.45) is 0. The molecule has 0 spiro atoms. The van der Waals surface area contributed by atoms with Crippen molar-refractivity contribution in [2.75, 3.05) is 5.32 Å². The zero-order valence-corrected chi connectivity index (χ0v) is 12.6. The molecule has 1 aromatic carbocycles. The van der Waals surface area contributed by atoms with Crippen molar-refractivity contribution in [3.8, 4) is 10.7 Å². The highest BCUT2D eigenvalue weighted by Crippen LogP contribution is 2.25. The summed E-state index contributed by atoms with van der Waals surface area (Å²) in [5, 5.41) is 19.4. The number of nitrogens with one attached hydrogen (secondary N) is 1. The van der Waals surface area contributed by atoms with Gasteiger partial charge in [0, 0.05) is 5.69 Å². The zero-order valence-electron chi connectivity index (χ0n) is 10.9. The van der Waals surface area contributed by atoms with Gasteiger partial charge < -0.3 is 5.32 Å². The lowest BCUT2D eigenvalue weighted by Gasteiger charge is -2.02. The summed E-state index contributed by atoms with van der Waals surface area (Å²) in [7, 11) is 0. The third kappa shape index (κ3) is 2.41. The summed E-state index contributed by atoms with van der Waals surface area (Å²) in [6.45, 7) is 0.682. The van der Waals surface area contributed by atoms with Gasteiger partial charge in [-0.05, 0) is 23.6 Å². The lowest BCUT2D eigenvalue weighted by molar-refractivity contribution is 0.913. The van der Waals surface area contributed by atoms with Crippen LogP contribution in [0.1, 0.15) is 5.01 Å². The van der Waals surface area contributed by atoms with Gasteiger partial charge >= 0.3 is 0 Å². The van der Waals surface area contributed by atoms with Gasteiger partial charge in [-0.1, -0.05) is 35.6 Å². The van der Waals surface area contributed by atoms with Gasteiger partial charge in [-0.15, -0.1) is 21.5 Å². The maximum atomic E-state index is 4.60. The van der Waals surface area contributed by atoms with Gasteiger partial charge in [0.25, 0.3) is 0 Å². The number of hydrogen-bond acceptors (Lipinski definition) is 6. The highest BCUT2D eigenvalue weighted by atomic mass is 32.1. The van der Waals surface area contributed by atoms with Crippen LogP contribution in [0, 0.1) is 0 Å². The van der Waals surface area contributed by atoms with Crippen LogP contribution in [0.15, 0.2) is 47.8 Å².